The van der Waals surface area contributed by atoms with Crippen LogP contribution in [0.3, 0.4) is 0 Å². The van der Waals surface area contributed by atoms with Crippen LogP contribution < -0.4 is 4.90 Å². The number of benzene rings is 2. The van der Waals surface area contributed by atoms with E-state index in [1.54, 1.807) is 7.05 Å². The molecule has 0 aliphatic carbocycles. The Morgan fingerprint density at radius 2 is 1.50 bits per heavy atom. The first-order valence-electron chi connectivity index (χ1n) is 11.3. The van der Waals surface area contributed by atoms with E-state index in [1.165, 1.54) is 27.4 Å². The molecule has 0 amide bonds. The van der Waals surface area contributed by atoms with Crippen LogP contribution in [0.1, 0.15) is 22.2 Å². The number of fused-ring (bicyclic) bond motifs is 2. The first kappa shape index (κ1) is 18.9. The number of aliphatic carboxylic acids is 2. The number of anilines is 2. The molecule has 0 saturated heterocycles. The zero-order valence-electron chi connectivity index (χ0n) is 20.3. The predicted molar refractivity (Wildman–Crippen MR) is 119 cm³/mol. The second-order valence-electron chi connectivity index (χ2n) is 7.36. The maximum atomic E-state index is 9.55. The normalized spacial score (nSPS) is 15.6. The van der Waals surface area contributed by atoms with Gasteiger partial charge in [0.05, 0.1) is 0 Å². The quantitative estimate of drug-likeness (QED) is 0.701. The smallest absolute Gasteiger partial charge is 0.328 e. The number of para-hydroxylation sites is 2. The van der Waals surface area contributed by atoms with E-state index in [0.717, 1.165) is 19.4 Å². The molecule has 1 aliphatic rings. The highest BCUT2D eigenvalue weighted by Crippen LogP contribution is 2.36. The summed E-state index contributed by atoms with van der Waals surface area (Å²) in [5.74, 6) is -2.29. The molecule has 2 aromatic carbocycles. The number of aryl methyl sites for hydroxylation is 2. The summed E-state index contributed by atoms with van der Waals surface area (Å²) in [7, 11) is 1.67. The maximum Gasteiger partial charge on any atom is 0.328 e. The SMILES string of the molecule is O=C(O)C=CC(=O)O.[2H]C([2H])([2H])N(C)CC(C)CN1c2ccccc2CCc2ccccc21. The van der Waals surface area contributed by atoms with Crippen LogP contribution in [0.4, 0.5) is 11.4 Å². The third-order valence-corrected chi connectivity index (χ3v) is 4.68. The van der Waals surface area contributed by atoms with Crippen molar-refractivity contribution in [1.82, 2.24) is 4.90 Å². The molecule has 1 unspecified atom stereocenters. The van der Waals surface area contributed by atoms with Gasteiger partial charge in [-0.05, 0) is 56.0 Å². The van der Waals surface area contributed by atoms with E-state index in [-0.39, 0.29) is 5.92 Å². The molecule has 0 saturated carbocycles. The van der Waals surface area contributed by atoms with Gasteiger partial charge >= 0.3 is 11.9 Å². The minimum Gasteiger partial charge on any atom is -0.478 e. The van der Waals surface area contributed by atoms with Crippen LogP contribution in [0.15, 0.2) is 60.7 Å². The third kappa shape index (κ3) is 7.04. The van der Waals surface area contributed by atoms with Crippen molar-refractivity contribution >= 4 is 23.3 Å². The van der Waals surface area contributed by atoms with Crippen molar-refractivity contribution in [2.45, 2.75) is 19.8 Å². The number of carbonyl (C=O) groups is 2. The summed E-state index contributed by atoms with van der Waals surface area (Å²) in [4.78, 5) is 22.9. The Hall–Kier alpha value is -3.12. The van der Waals surface area contributed by atoms with Crippen LogP contribution in [-0.2, 0) is 22.4 Å². The zero-order chi connectivity index (χ0) is 24.6. The monoisotopic (exact) mass is 413 g/mol. The average molecular weight is 414 g/mol. The minimum absolute atomic E-state index is 0.227. The molecule has 0 radical (unpaired) electrons. The van der Waals surface area contributed by atoms with Gasteiger partial charge in [-0.15, -0.1) is 0 Å². The van der Waals surface area contributed by atoms with Gasteiger partial charge in [-0.1, -0.05) is 43.3 Å². The first-order chi connectivity index (χ1) is 15.5. The molecule has 1 heterocycles. The number of carboxylic acids is 2. The molecule has 0 spiro atoms. The van der Waals surface area contributed by atoms with Gasteiger partial charge in [-0.25, -0.2) is 9.59 Å². The molecular weight excluding hydrogens is 380 g/mol. The number of carboxylic acid groups (broad SMARTS) is 2. The van der Waals surface area contributed by atoms with Crippen LogP contribution in [0, 0.1) is 5.92 Å². The van der Waals surface area contributed by atoms with Crippen LogP contribution in [0.2, 0.25) is 0 Å². The van der Waals surface area contributed by atoms with Crippen molar-refractivity contribution in [3.63, 3.8) is 0 Å². The van der Waals surface area contributed by atoms with Gasteiger partial charge in [-0.2, -0.15) is 0 Å². The summed E-state index contributed by atoms with van der Waals surface area (Å²) in [5, 5.41) is 15.6. The lowest BCUT2D eigenvalue weighted by Gasteiger charge is -2.30. The van der Waals surface area contributed by atoms with Crippen molar-refractivity contribution in [1.29, 1.82) is 0 Å². The van der Waals surface area contributed by atoms with Crippen molar-refractivity contribution in [2.24, 2.45) is 5.92 Å². The summed E-state index contributed by atoms with van der Waals surface area (Å²) < 4.78 is 22.7. The van der Waals surface area contributed by atoms with E-state index in [1.807, 2.05) is 0 Å². The van der Waals surface area contributed by atoms with Crippen molar-refractivity contribution < 1.29 is 23.9 Å². The van der Waals surface area contributed by atoms with E-state index in [2.05, 4.69) is 60.4 Å². The molecule has 6 heteroatoms. The third-order valence-electron chi connectivity index (χ3n) is 4.68. The summed E-state index contributed by atoms with van der Waals surface area (Å²) in [5.41, 5.74) is 5.21. The standard InChI is InChI=1S/C20H26N2.C4H4O4/c1-16(14-21(2)3)15-22-19-10-6-4-8-17(19)12-13-18-9-5-7-11-20(18)22;5-3(6)1-2-4(7)8/h4-11,16H,12-15H2,1-3H3;1-2H,(H,5,6)(H,7,8)/i2D3;. The Labute approximate surface area is 182 Å². The number of hydrogen-bond acceptors (Lipinski definition) is 4. The molecule has 0 bridgehead atoms. The van der Waals surface area contributed by atoms with Gasteiger partial charge in [0.15, 0.2) is 0 Å². The highest BCUT2D eigenvalue weighted by atomic mass is 16.4. The molecular formula is C24H30N2O4. The second-order valence-corrected chi connectivity index (χ2v) is 7.36. The average Bonchev–Trinajstić information content (AvgIpc) is 2.90. The van der Waals surface area contributed by atoms with Gasteiger partial charge in [-0.3, -0.25) is 0 Å². The van der Waals surface area contributed by atoms with E-state index < -0.39 is 18.9 Å². The molecule has 30 heavy (non-hydrogen) atoms. The van der Waals surface area contributed by atoms with E-state index in [9.17, 15) is 9.59 Å². The number of rotatable bonds is 6. The lowest BCUT2D eigenvalue weighted by molar-refractivity contribution is -0.134. The molecule has 2 N–H and O–H groups in total. The fourth-order valence-electron chi connectivity index (χ4n) is 3.55. The minimum atomic E-state index is -2.04. The molecule has 0 fully saturated rings. The lowest BCUT2D eigenvalue weighted by Crippen LogP contribution is -2.30. The number of hydrogen-bond donors (Lipinski definition) is 2. The summed E-state index contributed by atoms with van der Waals surface area (Å²) in [6.45, 7) is 1.42. The topological polar surface area (TPSA) is 81.1 Å². The molecule has 3 rings (SSSR count). The van der Waals surface area contributed by atoms with Gasteiger partial charge in [0.25, 0.3) is 0 Å². The molecule has 0 aromatic heterocycles. The maximum absolute atomic E-state index is 9.55. The zero-order valence-corrected chi connectivity index (χ0v) is 17.3. The highest BCUT2D eigenvalue weighted by molar-refractivity contribution is 5.89. The van der Waals surface area contributed by atoms with Gasteiger partial charge in [0, 0.05) is 40.7 Å². The summed E-state index contributed by atoms with van der Waals surface area (Å²) >= 11 is 0. The molecule has 6 nitrogen and oxygen atoms in total. The van der Waals surface area contributed by atoms with Gasteiger partial charge in [0.2, 0.25) is 0 Å². The van der Waals surface area contributed by atoms with Gasteiger partial charge in [0.1, 0.15) is 0 Å². The van der Waals surface area contributed by atoms with Crippen LogP contribution in [0.5, 0.6) is 0 Å². The fraction of sp³-hybridized carbons (Fsp3) is 0.333. The van der Waals surface area contributed by atoms with Crippen molar-refractivity contribution in [3.8, 4) is 0 Å². The predicted octanol–water partition coefficient (Wildman–Crippen LogP) is 3.83. The summed E-state index contributed by atoms with van der Waals surface area (Å²) in [6.07, 6.45) is 3.19. The second kappa shape index (κ2) is 11.2. The first-order valence-corrected chi connectivity index (χ1v) is 9.77. The Bertz CT molecular complexity index is 928. The summed E-state index contributed by atoms with van der Waals surface area (Å²) in [6, 6.07) is 17.1. The van der Waals surface area contributed by atoms with Crippen LogP contribution in [-0.4, -0.2) is 54.2 Å². The van der Waals surface area contributed by atoms with Crippen molar-refractivity contribution in [3.05, 3.63) is 71.8 Å². The van der Waals surface area contributed by atoms with Crippen molar-refractivity contribution in [2.75, 3.05) is 32.0 Å². The van der Waals surface area contributed by atoms with Crippen LogP contribution in [0.25, 0.3) is 0 Å². The van der Waals surface area contributed by atoms with Crippen LogP contribution >= 0.6 is 0 Å². The van der Waals surface area contributed by atoms with Gasteiger partial charge < -0.3 is 20.0 Å². The Morgan fingerprint density at radius 3 is 1.93 bits per heavy atom. The number of nitrogens with zero attached hydrogens (tertiary/aromatic N) is 2. The lowest BCUT2D eigenvalue weighted by atomic mass is 10.0. The Kier molecular flexibility index (Phi) is 7.03. The molecule has 1 aliphatic heterocycles. The molecule has 160 valence electrons. The molecule has 1 atom stereocenters. The van der Waals surface area contributed by atoms with E-state index in [0.29, 0.717) is 18.7 Å². The molecule has 2 aromatic rings. The Balaban J connectivity index is 0.000000414. The van der Waals surface area contributed by atoms with E-state index >= 15 is 0 Å². The largest absolute Gasteiger partial charge is 0.478 e. The highest BCUT2D eigenvalue weighted by Gasteiger charge is 2.21. The van der Waals surface area contributed by atoms with E-state index in [4.69, 9.17) is 14.3 Å². The fourth-order valence-corrected chi connectivity index (χ4v) is 3.55. The Morgan fingerprint density at radius 1 is 1.03 bits per heavy atom.